The monoisotopic (exact) mass is 200 g/mol. The third-order valence-corrected chi connectivity index (χ3v) is 2.36. The highest BCUT2D eigenvalue weighted by atomic mass is 32.1. The first kappa shape index (κ1) is 10.1. The fourth-order valence-electron chi connectivity index (χ4n) is 0.928. The lowest BCUT2D eigenvalue weighted by Crippen LogP contribution is -2.21. The Morgan fingerprint density at radius 1 is 1.77 bits per heavy atom. The van der Waals surface area contributed by atoms with E-state index in [-0.39, 0.29) is 6.42 Å². The molecule has 13 heavy (non-hydrogen) atoms. The fraction of sp³-hybridized carbons (Fsp3) is 0.500. The van der Waals surface area contributed by atoms with Gasteiger partial charge in [0.15, 0.2) is 0 Å². The lowest BCUT2D eigenvalue weighted by atomic mass is 10.4. The standard InChI is InChI=1S/C8H12N2O2S/c1-10(4-2-8(11)12)6-7-9-3-5-13-7/h3,5H,2,4,6H2,1H3,(H,11,12). The maximum atomic E-state index is 10.3. The quantitative estimate of drug-likeness (QED) is 0.772. The van der Waals surface area contributed by atoms with Crippen LogP contribution in [-0.4, -0.2) is 34.6 Å². The van der Waals surface area contributed by atoms with Gasteiger partial charge in [-0.15, -0.1) is 11.3 Å². The first-order valence-corrected chi connectivity index (χ1v) is 4.85. The first-order chi connectivity index (χ1) is 6.18. The molecule has 5 heteroatoms. The summed E-state index contributed by atoms with van der Waals surface area (Å²) < 4.78 is 0. The summed E-state index contributed by atoms with van der Waals surface area (Å²) in [5, 5.41) is 11.4. The van der Waals surface area contributed by atoms with Crippen molar-refractivity contribution in [2.75, 3.05) is 13.6 Å². The number of hydrogen-bond donors (Lipinski definition) is 1. The van der Waals surface area contributed by atoms with Gasteiger partial charge in [0, 0.05) is 18.1 Å². The van der Waals surface area contributed by atoms with Crippen LogP contribution in [-0.2, 0) is 11.3 Å². The Kier molecular flexibility index (Phi) is 3.85. The van der Waals surface area contributed by atoms with Crippen LogP contribution in [0.3, 0.4) is 0 Å². The van der Waals surface area contributed by atoms with E-state index in [1.807, 2.05) is 17.3 Å². The van der Waals surface area contributed by atoms with Crippen LogP contribution in [0.2, 0.25) is 0 Å². The molecule has 0 aliphatic rings. The van der Waals surface area contributed by atoms with Gasteiger partial charge < -0.3 is 5.11 Å². The van der Waals surface area contributed by atoms with Gasteiger partial charge in [-0.1, -0.05) is 0 Å². The molecule has 4 nitrogen and oxygen atoms in total. The van der Waals surface area contributed by atoms with Gasteiger partial charge in [0.05, 0.1) is 13.0 Å². The second kappa shape index (κ2) is 4.94. The van der Waals surface area contributed by atoms with Gasteiger partial charge in [-0.05, 0) is 7.05 Å². The summed E-state index contributed by atoms with van der Waals surface area (Å²) in [6.45, 7) is 1.29. The molecule has 0 unspecified atom stereocenters. The van der Waals surface area contributed by atoms with Gasteiger partial charge in [0.1, 0.15) is 5.01 Å². The Morgan fingerprint density at radius 2 is 2.54 bits per heavy atom. The van der Waals surface area contributed by atoms with Crippen LogP contribution in [0, 0.1) is 0 Å². The molecule has 0 aromatic carbocycles. The van der Waals surface area contributed by atoms with E-state index in [1.165, 1.54) is 0 Å². The van der Waals surface area contributed by atoms with Crippen LogP contribution in [0.15, 0.2) is 11.6 Å². The van der Waals surface area contributed by atoms with Crippen LogP contribution in [0.25, 0.3) is 0 Å². The highest BCUT2D eigenvalue weighted by Crippen LogP contribution is 2.06. The molecule has 72 valence electrons. The Balaban J connectivity index is 2.25. The number of carboxylic acid groups (broad SMARTS) is 1. The van der Waals surface area contributed by atoms with Crippen molar-refractivity contribution < 1.29 is 9.90 Å². The van der Waals surface area contributed by atoms with E-state index < -0.39 is 5.97 Å². The van der Waals surface area contributed by atoms with E-state index in [1.54, 1.807) is 17.5 Å². The minimum atomic E-state index is -0.758. The Hall–Kier alpha value is -0.940. The molecule has 0 aliphatic carbocycles. The number of rotatable bonds is 5. The van der Waals surface area contributed by atoms with Crippen LogP contribution in [0.4, 0.5) is 0 Å². The minimum absolute atomic E-state index is 0.182. The van der Waals surface area contributed by atoms with Crippen molar-refractivity contribution in [1.82, 2.24) is 9.88 Å². The van der Waals surface area contributed by atoms with E-state index in [0.717, 1.165) is 11.6 Å². The van der Waals surface area contributed by atoms with Crippen molar-refractivity contribution in [3.05, 3.63) is 16.6 Å². The maximum absolute atomic E-state index is 10.3. The van der Waals surface area contributed by atoms with Crippen molar-refractivity contribution in [1.29, 1.82) is 0 Å². The molecule has 0 saturated heterocycles. The van der Waals surface area contributed by atoms with Gasteiger partial charge in [0.2, 0.25) is 0 Å². The van der Waals surface area contributed by atoms with Crippen molar-refractivity contribution in [3.63, 3.8) is 0 Å². The lowest BCUT2D eigenvalue weighted by Gasteiger charge is -2.12. The average Bonchev–Trinajstić information content (AvgIpc) is 2.53. The zero-order valence-electron chi connectivity index (χ0n) is 7.43. The SMILES string of the molecule is CN(CCC(=O)O)Cc1nccs1. The second-order valence-corrected chi connectivity index (χ2v) is 3.79. The highest BCUT2D eigenvalue weighted by Gasteiger charge is 2.04. The molecule has 0 radical (unpaired) electrons. The highest BCUT2D eigenvalue weighted by molar-refractivity contribution is 7.09. The predicted molar refractivity (Wildman–Crippen MR) is 50.7 cm³/mol. The number of carboxylic acids is 1. The van der Waals surface area contributed by atoms with E-state index >= 15 is 0 Å². The molecule has 0 fully saturated rings. The number of hydrogen-bond acceptors (Lipinski definition) is 4. The molecule has 1 heterocycles. The normalized spacial score (nSPS) is 10.6. The van der Waals surface area contributed by atoms with Crippen LogP contribution < -0.4 is 0 Å². The van der Waals surface area contributed by atoms with Gasteiger partial charge >= 0.3 is 5.97 Å². The molecule has 1 aromatic heterocycles. The molecule has 0 amide bonds. The molecule has 0 saturated carbocycles. The molecular weight excluding hydrogens is 188 g/mol. The summed E-state index contributed by atoms with van der Waals surface area (Å²) >= 11 is 1.59. The zero-order valence-corrected chi connectivity index (χ0v) is 8.25. The number of aliphatic carboxylic acids is 1. The van der Waals surface area contributed by atoms with Gasteiger partial charge in [-0.2, -0.15) is 0 Å². The number of carbonyl (C=O) groups is 1. The summed E-state index contributed by atoms with van der Waals surface area (Å²) in [5.74, 6) is -0.758. The average molecular weight is 200 g/mol. The molecule has 1 rings (SSSR count). The molecule has 1 aromatic rings. The number of thiazole rings is 1. The third kappa shape index (κ3) is 4.00. The summed E-state index contributed by atoms with van der Waals surface area (Å²) in [6.07, 6.45) is 1.94. The fourth-order valence-corrected chi connectivity index (χ4v) is 1.62. The van der Waals surface area contributed by atoms with Crippen molar-refractivity contribution in [2.45, 2.75) is 13.0 Å². The molecular formula is C8H12N2O2S. The summed E-state index contributed by atoms with van der Waals surface area (Å²) in [4.78, 5) is 16.3. The minimum Gasteiger partial charge on any atom is -0.481 e. The molecule has 1 N–H and O–H groups in total. The van der Waals surface area contributed by atoms with Crippen LogP contribution >= 0.6 is 11.3 Å². The van der Waals surface area contributed by atoms with Gasteiger partial charge in [0.25, 0.3) is 0 Å². The summed E-state index contributed by atoms with van der Waals surface area (Å²) in [6, 6.07) is 0. The van der Waals surface area contributed by atoms with E-state index in [2.05, 4.69) is 4.98 Å². The van der Waals surface area contributed by atoms with E-state index in [9.17, 15) is 4.79 Å². The largest absolute Gasteiger partial charge is 0.481 e. The Morgan fingerprint density at radius 3 is 3.08 bits per heavy atom. The van der Waals surface area contributed by atoms with E-state index in [4.69, 9.17) is 5.11 Å². The molecule has 0 spiro atoms. The number of aromatic nitrogens is 1. The first-order valence-electron chi connectivity index (χ1n) is 3.97. The van der Waals surface area contributed by atoms with Crippen molar-refractivity contribution in [2.24, 2.45) is 0 Å². The van der Waals surface area contributed by atoms with Crippen molar-refractivity contribution >= 4 is 17.3 Å². The van der Waals surface area contributed by atoms with Gasteiger partial charge in [-0.25, -0.2) is 4.98 Å². The summed E-state index contributed by atoms with van der Waals surface area (Å²) in [7, 11) is 1.89. The Bertz CT molecular complexity index is 261. The van der Waals surface area contributed by atoms with Gasteiger partial charge in [-0.3, -0.25) is 9.69 Å². The van der Waals surface area contributed by atoms with E-state index in [0.29, 0.717) is 6.54 Å². The van der Waals surface area contributed by atoms with Crippen molar-refractivity contribution in [3.8, 4) is 0 Å². The molecule has 0 bridgehead atoms. The summed E-state index contributed by atoms with van der Waals surface area (Å²) in [5.41, 5.74) is 0. The topological polar surface area (TPSA) is 53.4 Å². The molecule has 0 aliphatic heterocycles. The molecule has 0 atom stereocenters. The smallest absolute Gasteiger partial charge is 0.304 e. The lowest BCUT2D eigenvalue weighted by molar-refractivity contribution is -0.137. The predicted octanol–water partition coefficient (Wildman–Crippen LogP) is 1.05. The van der Waals surface area contributed by atoms with Crippen LogP contribution in [0.5, 0.6) is 0 Å². The Labute approximate surface area is 80.8 Å². The zero-order chi connectivity index (χ0) is 9.68. The third-order valence-electron chi connectivity index (χ3n) is 1.60. The number of nitrogens with zero attached hydrogens (tertiary/aromatic N) is 2. The van der Waals surface area contributed by atoms with Crippen LogP contribution in [0.1, 0.15) is 11.4 Å². The maximum Gasteiger partial charge on any atom is 0.304 e. The second-order valence-electron chi connectivity index (χ2n) is 2.81.